The molecule has 0 aliphatic carbocycles. The molecule has 0 atom stereocenters. The minimum Gasteiger partial charge on any atom is -0.454 e. The van der Waals surface area contributed by atoms with Crippen molar-refractivity contribution in [1.82, 2.24) is 0 Å². The first-order valence-corrected chi connectivity index (χ1v) is 6.75. The summed E-state index contributed by atoms with van der Waals surface area (Å²) in [5.41, 5.74) is 8.20. The predicted molar refractivity (Wildman–Crippen MR) is 71.7 cm³/mol. The van der Waals surface area contributed by atoms with Crippen molar-refractivity contribution in [3.63, 3.8) is 0 Å². The van der Waals surface area contributed by atoms with E-state index in [-0.39, 0.29) is 0 Å². The topological polar surface area (TPSA) is 44.5 Å². The van der Waals surface area contributed by atoms with E-state index < -0.39 is 0 Å². The van der Waals surface area contributed by atoms with Crippen LogP contribution >= 0.6 is 15.9 Å². The average molecular weight is 300 g/mol. The van der Waals surface area contributed by atoms with Gasteiger partial charge in [0.15, 0.2) is 11.5 Å². The van der Waals surface area contributed by atoms with Crippen molar-refractivity contribution in [2.24, 2.45) is 5.73 Å². The Hall–Kier alpha value is -0.740. The number of fused-ring (bicyclic) bond motifs is 1. The minimum atomic E-state index is 0.311. The fraction of sp³-hybridized carbons (Fsp3) is 0.538. The van der Waals surface area contributed by atoms with Crippen LogP contribution < -0.4 is 15.2 Å². The molecular formula is C13H18BrNO2. The summed E-state index contributed by atoms with van der Waals surface area (Å²) in [6.07, 6.45) is 1.98. The van der Waals surface area contributed by atoms with Gasteiger partial charge in [0, 0.05) is 0 Å². The Morgan fingerprint density at radius 3 is 2.82 bits per heavy atom. The number of benzene rings is 1. The van der Waals surface area contributed by atoms with Crippen molar-refractivity contribution in [3.8, 4) is 11.5 Å². The van der Waals surface area contributed by atoms with Crippen LogP contribution in [0.2, 0.25) is 0 Å². The van der Waals surface area contributed by atoms with Gasteiger partial charge in [-0.2, -0.15) is 0 Å². The average Bonchev–Trinajstić information content (AvgIpc) is 2.74. The second-order valence-corrected chi connectivity index (χ2v) is 5.34. The van der Waals surface area contributed by atoms with Crippen LogP contribution in [0.5, 0.6) is 11.5 Å². The highest BCUT2D eigenvalue weighted by atomic mass is 79.9. The fourth-order valence-corrected chi connectivity index (χ4v) is 3.21. The Morgan fingerprint density at radius 2 is 2.18 bits per heavy atom. The van der Waals surface area contributed by atoms with Crippen molar-refractivity contribution in [3.05, 3.63) is 21.7 Å². The Balaban J connectivity index is 2.45. The van der Waals surface area contributed by atoms with Gasteiger partial charge in [-0.05, 0) is 58.4 Å². The van der Waals surface area contributed by atoms with E-state index in [0.29, 0.717) is 19.3 Å². The molecule has 2 N–H and O–H groups in total. The van der Waals surface area contributed by atoms with Gasteiger partial charge in [-0.1, -0.05) is 13.8 Å². The van der Waals surface area contributed by atoms with Crippen molar-refractivity contribution in [2.45, 2.75) is 32.6 Å². The molecule has 2 rings (SSSR count). The van der Waals surface area contributed by atoms with Crippen LogP contribution in [-0.2, 0) is 6.42 Å². The Morgan fingerprint density at radius 1 is 1.41 bits per heavy atom. The molecule has 1 aromatic carbocycles. The molecule has 0 fully saturated rings. The van der Waals surface area contributed by atoms with Crippen LogP contribution in [0.4, 0.5) is 0 Å². The number of hydrogen-bond donors (Lipinski definition) is 1. The van der Waals surface area contributed by atoms with E-state index in [1.54, 1.807) is 0 Å². The van der Waals surface area contributed by atoms with Gasteiger partial charge in [0.1, 0.15) is 0 Å². The molecule has 0 saturated heterocycles. The largest absolute Gasteiger partial charge is 0.454 e. The highest BCUT2D eigenvalue weighted by molar-refractivity contribution is 9.10. The summed E-state index contributed by atoms with van der Waals surface area (Å²) in [6, 6.07) is 2.10. The zero-order valence-corrected chi connectivity index (χ0v) is 11.8. The summed E-state index contributed by atoms with van der Waals surface area (Å²) in [4.78, 5) is 0. The molecule has 1 heterocycles. The van der Waals surface area contributed by atoms with Crippen LogP contribution in [0.1, 0.15) is 37.3 Å². The summed E-state index contributed by atoms with van der Waals surface area (Å²) < 4.78 is 12.0. The molecule has 1 aromatic rings. The molecule has 0 amide bonds. The maximum Gasteiger partial charge on any atom is 0.231 e. The van der Waals surface area contributed by atoms with Crippen LogP contribution in [0, 0.1) is 0 Å². The summed E-state index contributed by atoms with van der Waals surface area (Å²) in [5.74, 6) is 2.13. The van der Waals surface area contributed by atoms with E-state index in [4.69, 9.17) is 15.2 Å². The second-order valence-electron chi connectivity index (χ2n) is 4.54. The number of rotatable bonds is 4. The molecule has 1 aliphatic rings. The van der Waals surface area contributed by atoms with E-state index >= 15 is 0 Å². The highest BCUT2D eigenvalue weighted by Crippen LogP contribution is 2.45. The third kappa shape index (κ3) is 2.43. The maximum atomic E-state index is 5.59. The van der Waals surface area contributed by atoms with Crippen molar-refractivity contribution >= 4 is 15.9 Å². The highest BCUT2D eigenvalue weighted by Gasteiger charge is 2.23. The first kappa shape index (κ1) is 12.7. The van der Waals surface area contributed by atoms with Gasteiger partial charge in [-0.25, -0.2) is 0 Å². The molecular weight excluding hydrogens is 282 g/mol. The SMILES string of the molecule is CC(C)c1c(CCCN)cc2c(c1Br)OCO2. The smallest absolute Gasteiger partial charge is 0.231 e. The van der Waals surface area contributed by atoms with Crippen molar-refractivity contribution < 1.29 is 9.47 Å². The first-order valence-electron chi connectivity index (χ1n) is 5.96. The summed E-state index contributed by atoms with van der Waals surface area (Å²) >= 11 is 3.64. The summed E-state index contributed by atoms with van der Waals surface area (Å²) in [6.45, 7) is 5.40. The lowest BCUT2D eigenvalue weighted by Crippen LogP contribution is -2.04. The summed E-state index contributed by atoms with van der Waals surface area (Å²) in [5, 5.41) is 0. The molecule has 1 aliphatic heterocycles. The molecule has 0 spiro atoms. The van der Waals surface area contributed by atoms with Crippen LogP contribution in [-0.4, -0.2) is 13.3 Å². The van der Waals surface area contributed by atoms with Crippen LogP contribution in [0.25, 0.3) is 0 Å². The number of ether oxygens (including phenoxy) is 2. The lowest BCUT2D eigenvalue weighted by Gasteiger charge is -2.16. The number of aryl methyl sites for hydroxylation is 1. The third-order valence-electron chi connectivity index (χ3n) is 2.96. The van der Waals surface area contributed by atoms with Crippen molar-refractivity contribution in [1.29, 1.82) is 0 Å². The lowest BCUT2D eigenvalue weighted by atomic mass is 9.93. The molecule has 0 bridgehead atoms. The third-order valence-corrected chi connectivity index (χ3v) is 3.74. The Bertz CT molecular complexity index is 418. The van der Waals surface area contributed by atoms with E-state index in [0.717, 1.165) is 28.8 Å². The van der Waals surface area contributed by atoms with Crippen LogP contribution in [0.3, 0.4) is 0 Å². The zero-order chi connectivity index (χ0) is 12.4. The molecule has 0 saturated carbocycles. The van der Waals surface area contributed by atoms with E-state index in [2.05, 4.69) is 35.8 Å². The van der Waals surface area contributed by atoms with Gasteiger partial charge in [0.25, 0.3) is 0 Å². The number of hydrogen-bond acceptors (Lipinski definition) is 3. The minimum absolute atomic E-state index is 0.311. The summed E-state index contributed by atoms with van der Waals surface area (Å²) in [7, 11) is 0. The normalized spacial score (nSPS) is 13.5. The van der Waals surface area contributed by atoms with Gasteiger partial charge in [-0.3, -0.25) is 0 Å². The predicted octanol–water partition coefficient (Wildman–Crippen LogP) is 3.19. The van der Waals surface area contributed by atoms with Crippen LogP contribution in [0.15, 0.2) is 10.5 Å². The molecule has 3 nitrogen and oxygen atoms in total. The van der Waals surface area contributed by atoms with Gasteiger partial charge in [0.05, 0.1) is 4.47 Å². The molecule has 4 heteroatoms. The van der Waals surface area contributed by atoms with Gasteiger partial charge in [0.2, 0.25) is 6.79 Å². The molecule has 94 valence electrons. The zero-order valence-electron chi connectivity index (χ0n) is 10.3. The lowest BCUT2D eigenvalue weighted by molar-refractivity contribution is 0.173. The number of nitrogens with two attached hydrogens (primary N) is 1. The quantitative estimate of drug-likeness (QED) is 0.928. The van der Waals surface area contributed by atoms with E-state index in [1.807, 2.05) is 0 Å². The van der Waals surface area contributed by atoms with E-state index in [9.17, 15) is 0 Å². The monoisotopic (exact) mass is 299 g/mol. The van der Waals surface area contributed by atoms with E-state index in [1.165, 1.54) is 11.1 Å². The van der Waals surface area contributed by atoms with Gasteiger partial charge in [-0.15, -0.1) is 0 Å². The van der Waals surface area contributed by atoms with Crippen molar-refractivity contribution in [2.75, 3.05) is 13.3 Å². The number of halogens is 1. The van der Waals surface area contributed by atoms with Gasteiger partial charge >= 0.3 is 0 Å². The van der Waals surface area contributed by atoms with Gasteiger partial charge < -0.3 is 15.2 Å². The first-order chi connectivity index (χ1) is 8.15. The molecule has 0 radical (unpaired) electrons. The Labute approximate surface area is 110 Å². The second kappa shape index (κ2) is 5.27. The molecule has 0 aromatic heterocycles. The molecule has 17 heavy (non-hydrogen) atoms. The fourth-order valence-electron chi connectivity index (χ4n) is 2.19. The standard InChI is InChI=1S/C13H18BrNO2/c1-8(2)11-9(4-3-5-15)6-10-13(12(11)14)17-7-16-10/h6,8H,3-5,7,15H2,1-2H3. The maximum absolute atomic E-state index is 5.59. The Kier molecular flexibility index (Phi) is 3.94. The molecule has 0 unspecified atom stereocenters.